The van der Waals surface area contributed by atoms with Crippen LogP contribution >= 0.6 is 0 Å². The van der Waals surface area contributed by atoms with Crippen molar-refractivity contribution in [1.82, 2.24) is 15.2 Å². The Bertz CT molecular complexity index is 1400. The van der Waals surface area contributed by atoms with E-state index in [-0.39, 0.29) is 29.5 Å². The summed E-state index contributed by atoms with van der Waals surface area (Å²) in [5, 5.41) is 2.95. The molecule has 2 amide bonds. The third kappa shape index (κ3) is 5.56. The van der Waals surface area contributed by atoms with E-state index in [1.165, 1.54) is 12.1 Å². The van der Waals surface area contributed by atoms with Crippen molar-refractivity contribution < 1.29 is 18.4 Å². The molecule has 37 heavy (non-hydrogen) atoms. The van der Waals surface area contributed by atoms with Crippen LogP contribution in [0.25, 0.3) is 22.6 Å². The number of carbonyl (C=O) groups is 2. The van der Waals surface area contributed by atoms with Crippen LogP contribution in [0, 0.1) is 24.6 Å². The van der Waals surface area contributed by atoms with Gasteiger partial charge < -0.3 is 14.6 Å². The molecule has 3 aromatic carbocycles. The Morgan fingerprint density at radius 3 is 2.46 bits per heavy atom. The van der Waals surface area contributed by atoms with Crippen LogP contribution in [0.4, 0.5) is 4.39 Å². The third-order valence-electron chi connectivity index (χ3n) is 7.26. The summed E-state index contributed by atoms with van der Waals surface area (Å²) in [6.07, 6.45) is 1.53. The summed E-state index contributed by atoms with van der Waals surface area (Å²) in [5.74, 6) is 0.227. The molecule has 6 nitrogen and oxygen atoms in total. The summed E-state index contributed by atoms with van der Waals surface area (Å²) in [5.41, 5.74) is 4.80. The van der Waals surface area contributed by atoms with E-state index in [0.717, 1.165) is 29.5 Å². The number of aromatic nitrogens is 1. The average Bonchev–Trinajstić information content (AvgIpc) is 3.36. The van der Waals surface area contributed by atoms with Gasteiger partial charge >= 0.3 is 0 Å². The number of carbonyl (C=O) groups excluding carboxylic acids is 2. The fraction of sp³-hybridized carbons (Fsp3) is 0.300. The highest BCUT2D eigenvalue weighted by molar-refractivity contribution is 5.97. The molecule has 1 aliphatic heterocycles. The molecule has 1 atom stereocenters. The Morgan fingerprint density at radius 2 is 1.76 bits per heavy atom. The molecule has 1 N–H and O–H groups in total. The summed E-state index contributed by atoms with van der Waals surface area (Å²) in [4.78, 5) is 32.3. The largest absolute Gasteiger partial charge is 0.436 e. The van der Waals surface area contributed by atoms with Crippen LogP contribution in [0.5, 0.6) is 0 Å². The molecule has 7 heteroatoms. The quantitative estimate of drug-likeness (QED) is 0.367. The zero-order valence-electron chi connectivity index (χ0n) is 21.0. The predicted molar refractivity (Wildman–Crippen MR) is 140 cm³/mol. The van der Waals surface area contributed by atoms with Crippen molar-refractivity contribution in [3.05, 3.63) is 89.2 Å². The number of aryl methyl sites for hydroxylation is 1. The van der Waals surface area contributed by atoms with Crippen molar-refractivity contribution in [3.63, 3.8) is 0 Å². The maximum atomic E-state index is 13.2. The molecule has 0 unspecified atom stereocenters. The lowest BCUT2D eigenvalue weighted by atomic mass is 9.84. The van der Waals surface area contributed by atoms with Crippen molar-refractivity contribution >= 4 is 22.9 Å². The Hall–Kier alpha value is -4.00. The number of rotatable bonds is 6. The van der Waals surface area contributed by atoms with E-state index in [2.05, 4.69) is 10.3 Å². The fourth-order valence-electron chi connectivity index (χ4n) is 4.83. The van der Waals surface area contributed by atoms with Crippen LogP contribution in [-0.2, 0) is 11.3 Å². The van der Waals surface area contributed by atoms with E-state index in [4.69, 9.17) is 4.42 Å². The molecule has 1 aromatic heterocycles. The molecule has 0 bridgehead atoms. The number of oxazole rings is 1. The number of hydrogen-bond donors (Lipinski definition) is 1. The Morgan fingerprint density at radius 1 is 1.05 bits per heavy atom. The standard InChI is InChI=1S/C30H30FN3O3/c1-19-3-7-23(8-4-19)29-33-26-17-24(9-12-27(26)37-29)30(36)34-15-13-22(14-16-34)20(2)28(35)32-18-21-5-10-25(31)11-6-21/h3-12,17,20,22H,13-16,18H2,1-2H3,(H,32,35)/t20-/m0/s1. The zero-order chi connectivity index (χ0) is 25.9. The molecule has 5 rings (SSSR count). The topological polar surface area (TPSA) is 75.4 Å². The molecule has 1 aliphatic rings. The Balaban J connectivity index is 1.17. The second-order valence-electron chi connectivity index (χ2n) is 9.83. The number of nitrogens with zero attached hydrogens (tertiary/aromatic N) is 2. The van der Waals surface area contributed by atoms with E-state index in [1.54, 1.807) is 30.3 Å². The lowest BCUT2D eigenvalue weighted by Crippen LogP contribution is -2.42. The van der Waals surface area contributed by atoms with Crippen LogP contribution < -0.4 is 5.32 Å². The molecule has 1 fully saturated rings. The van der Waals surface area contributed by atoms with Gasteiger partial charge in [-0.3, -0.25) is 9.59 Å². The number of halogens is 1. The smallest absolute Gasteiger partial charge is 0.253 e. The Labute approximate surface area is 215 Å². The molecule has 0 aliphatic carbocycles. The molecule has 0 spiro atoms. The lowest BCUT2D eigenvalue weighted by Gasteiger charge is -2.34. The number of nitrogens with one attached hydrogen (secondary N) is 1. The van der Waals surface area contributed by atoms with Gasteiger partial charge in [-0.2, -0.15) is 0 Å². The fourth-order valence-corrected chi connectivity index (χ4v) is 4.83. The molecule has 2 heterocycles. The molecule has 0 saturated carbocycles. The minimum absolute atomic E-state index is 0.0185. The van der Waals surface area contributed by atoms with Gasteiger partial charge in [0.25, 0.3) is 5.91 Å². The number of piperidine rings is 1. The van der Waals surface area contributed by atoms with Gasteiger partial charge in [0.05, 0.1) is 0 Å². The van der Waals surface area contributed by atoms with Crippen molar-refractivity contribution in [2.24, 2.45) is 11.8 Å². The van der Waals surface area contributed by atoms with Crippen LogP contribution in [-0.4, -0.2) is 34.8 Å². The van der Waals surface area contributed by atoms with Crippen molar-refractivity contribution in [3.8, 4) is 11.5 Å². The maximum absolute atomic E-state index is 13.2. The van der Waals surface area contributed by atoms with Gasteiger partial charge in [0.15, 0.2) is 5.58 Å². The highest BCUT2D eigenvalue weighted by atomic mass is 19.1. The second-order valence-corrected chi connectivity index (χ2v) is 9.83. The molecule has 190 valence electrons. The van der Waals surface area contributed by atoms with Crippen LogP contribution in [0.1, 0.15) is 41.3 Å². The van der Waals surface area contributed by atoms with Gasteiger partial charge in [0, 0.05) is 36.7 Å². The number of fused-ring (bicyclic) bond motifs is 1. The van der Waals surface area contributed by atoms with Gasteiger partial charge in [-0.15, -0.1) is 0 Å². The first-order valence-electron chi connectivity index (χ1n) is 12.7. The Kier molecular flexibility index (Phi) is 7.04. The minimum Gasteiger partial charge on any atom is -0.436 e. The van der Waals surface area contributed by atoms with Gasteiger partial charge in [-0.05, 0) is 73.7 Å². The first kappa shape index (κ1) is 24.7. The van der Waals surface area contributed by atoms with Gasteiger partial charge in [0.1, 0.15) is 11.3 Å². The summed E-state index contributed by atoms with van der Waals surface area (Å²) in [6.45, 7) is 5.54. The van der Waals surface area contributed by atoms with E-state index in [9.17, 15) is 14.0 Å². The van der Waals surface area contributed by atoms with Gasteiger partial charge in [-0.25, -0.2) is 9.37 Å². The summed E-state index contributed by atoms with van der Waals surface area (Å²) >= 11 is 0. The van der Waals surface area contributed by atoms with Crippen molar-refractivity contribution in [1.29, 1.82) is 0 Å². The number of benzene rings is 3. The summed E-state index contributed by atoms with van der Waals surface area (Å²) in [7, 11) is 0. The van der Waals surface area contributed by atoms with Crippen LogP contribution in [0.2, 0.25) is 0 Å². The first-order chi connectivity index (χ1) is 17.9. The second kappa shape index (κ2) is 10.5. The van der Waals surface area contributed by atoms with E-state index >= 15 is 0 Å². The third-order valence-corrected chi connectivity index (χ3v) is 7.26. The number of hydrogen-bond acceptors (Lipinski definition) is 4. The van der Waals surface area contributed by atoms with Gasteiger partial charge in [0.2, 0.25) is 11.8 Å². The van der Waals surface area contributed by atoms with Crippen molar-refractivity contribution in [2.45, 2.75) is 33.2 Å². The highest BCUT2D eigenvalue weighted by Crippen LogP contribution is 2.28. The lowest BCUT2D eigenvalue weighted by molar-refractivity contribution is -0.126. The zero-order valence-corrected chi connectivity index (χ0v) is 21.0. The monoisotopic (exact) mass is 499 g/mol. The summed E-state index contributed by atoms with van der Waals surface area (Å²) in [6, 6.07) is 19.5. The van der Waals surface area contributed by atoms with Crippen LogP contribution in [0.3, 0.4) is 0 Å². The predicted octanol–water partition coefficient (Wildman–Crippen LogP) is 5.75. The number of likely N-dealkylation sites (tertiary alicyclic amines) is 1. The highest BCUT2D eigenvalue weighted by Gasteiger charge is 2.30. The van der Waals surface area contributed by atoms with Gasteiger partial charge in [-0.1, -0.05) is 36.8 Å². The molecular weight excluding hydrogens is 469 g/mol. The molecular formula is C30H30FN3O3. The minimum atomic E-state index is -0.294. The first-order valence-corrected chi connectivity index (χ1v) is 12.7. The molecule has 4 aromatic rings. The summed E-state index contributed by atoms with van der Waals surface area (Å²) < 4.78 is 19.0. The SMILES string of the molecule is Cc1ccc(-c2nc3cc(C(=O)N4CCC([C@H](C)C(=O)NCc5ccc(F)cc5)CC4)ccc3o2)cc1. The normalized spacial score (nSPS) is 15.1. The van der Waals surface area contributed by atoms with Crippen LogP contribution in [0.15, 0.2) is 71.1 Å². The van der Waals surface area contributed by atoms with Crippen molar-refractivity contribution in [2.75, 3.05) is 13.1 Å². The molecule has 1 saturated heterocycles. The van der Waals surface area contributed by atoms with E-state index in [0.29, 0.717) is 42.2 Å². The van der Waals surface area contributed by atoms with E-state index < -0.39 is 0 Å². The molecule has 0 radical (unpaired) electrons. The number of amides is 2. The average molecular weight is 500 g/mol. The maximum Gasteiger partial charge on any atom is 0.253 e. The van der Waals surface area contributed by atoms with E-state index in [1.807, 2.05) is 43.0 Å².